The topological polar surface area (TPSA) is 81.3 Å². The minimum Gasteiger partial charge on any atom is -0.494 e. The fourth-order valence-corrected chi connectivity index (χ4v) is 2.17. The minimum absolute atomic E-state index is 0.422. The number of rotatable bonds is 3. The SMILES string of the molecule is Cc1ccc(/C=C/C(=O)c2c(O)n(C)c(=O)n(C)c2=O)cc1C. The maximum Gasteiger partial charge on any atom is 0.333 e. The first-order valence-corrected chi connectivity index (χ1v) is 7.02. The summed E-state index contributed by atoms with van der Waals surface area (Å²) >= 11 is 0. The maximum atomic E-state index is 12.3. The van der Waals surface area contributed by atoms with Crippen molar-refractivity contribution in [2.45, 2.75) is 13.8 Å². The smallest absolute Gasteiger partial charge is 0.333 e. The molecule has 0 spiro atoms. The van der Waals surface area contributed by atoms with Crippen molar-refractivity contribution in [3.05, 3.63) is 67.4 Å². The zero-order valence-corrected chi connectivity index (χ0v) is 13.5. The van der Waals surface area contributed by atoms with Gasteiger partial charge in [-0.1, -0.05) is 24.3 Å². The molecule has 2 rings (SSSR count). The summed E-state index contributed by atoms with van der Waals surface area (Å²) in [5.41, 5.74) is 1.10. The van der Waals surface area contributed by atoms with E-state index in [1.165, 1.54) is 20.2 Å². The van der Waals surface area contributed by atoms with E-state index in [2.05, 4.69) is 0 Å². The Balaban J connectivity index is 2.46. The lowest BCUT2D eigenvalue weighted by atomic mass is 10.1. The second kappa shape index (κ2) is 6.08. The molecule has 0 amide bonds. The number of carbonyl (C=O) groups is 1. The van der Waals surface area contributed by atoms with Gasteiger partial charge in [0.1, 0.15) is 5.56 Å². The summed E-state index contributed by atoms with van der Waals surface area (Å²) in [4.78, 5) is 36.0. The Kier molecular flexibility index (Phi) is 4.36. The van der Waals surface area contributed by atoms with Crippen LogP contribution in [0.3, 0.4) is 0 Å². The highest BCUT2D eigenvalue weighted by atomic mass is 16.3. The Labute approximate surface area is 132 Å². The van der Waals surface area contributed by atoms with E-state index in [9.17, 15) is 19.5 Å². The van der Waals surface area contributed by atoms with Crippen LogP contribution in [0.2, 0.25) is 0 Å². The standard InChI is InChI=1S/C17H18N2O4/c1-10-5-6-12(9-11(10)2)7-8-13(20)14-15(21)18(3)17(23)19(4)16(14)22/h5-9,21H,1-4H3/b8-7+. The fraction of sp³-hybridized carbons (Fsp3) is 0.235. The van der Waals surface area contributed by atoms with Crippen molar-refractivity contribution < 1.29 is 9.90 Å². The van der Waals surface area contributed by atoms with Crippen LogP contribution in [0.25, 0.3) is 6.08 Å². The summed E-state index contributed by atoms with van der Waals surface area (Å²) in [6.07, 6.45) is 2.78. The summed E-state index contributed by atoms with van der Waals surface area (Å²) in [7, 11) is 2.55. The van der Waals surface area contributed by atoms with Crippen LogP contribution < -0.4 is 11.2 Å². The van der Waals surface area contributed by atoms with Gasteiger partial charge in [0.15, 0.2) is 5.78 Å². The molecule has 0 saturated heterocycles. The lowest BCUT2D eigenvalue weighted by Gasteiger charge is -2.08. The first-order valence-electron chi connectivity index (χ1n) is 7.02. The number of nitrogens with zero attached hydrogens (tertiary/aromatic N) is 2. The lowest BCUT2D eigenvalue weighted by Crippen LogP contribution is -2.39. The molecule has 1 aromatic heterocycles. The molecule has 6 heteroatoms. The van der Waals surface area contributed by atoms with E-state index in [-0.39, 0.29) is 0 Å². The second-order valence-electron chi connectivity index (χ2n) is 5.45. The van der Waals surface area contributed by atoms with Gasteiger partial charge in [0.05, 0.1) is 0 Å². The summed E-state index contributed by atoms with van der Waals surface area (Å²) in [5, 5.41) is 9.93. The van der Waals surface area contributed by atoms with Crippen molar-refractivity contribution in [3.8, 4) is 5.88 Å². The van der Waals surface area contributed by atoms with E-state index >= 15 is 0 Å². The molecule has 0 aliphatic heterocycles. The lowest BCUT2D eigenvalue weighted by molar-refractivity contribution is 0.104. The predicted octanol–water partition coefficient (Wildman–Crippen LogP) is 1.30. The molecule has 6 nitrogen and oxygen atoms in total. The van der Waals surface area contributed by atoms with Crippen LogP contribution in [0.15, 0.2) is 33.9 Å². The van der Waals surface area contributed by atoms with Gasteiger partial charge in [-0.15, -0.1) is 0 Å². The molecule has 0 unspecified atom stereocenters. The van der Waals surface area contributed by atoms with Gasteiger partial charge in [0, 0.05) is 14.1 Å². The molecule has 0 radical (unpaired) electrons. The van der Waals surface area contributed by atoms with Crippen molar-refractivity contribution >= 4 is 11.9 Å². The highest BCUT2D eigenvalue weighted by molar-refractivity contribution is 6.08. The second-order valence-corrected chi connectivity index (χ2v) is 5.45. The Morgan fingerprint density at radius 3 is 2.35 bits per heavy atom. The van der Waals surface area contributed by atoms with Gasteiger partial charge in [-0.25, -0.2) is 4.79 Å². The number of allylic oxidation sites excluding steroid dienone is 1. The molecule has 1 N–H and O–H groups in total. The molecule has 0 aliphatic rings. The third-order valence-corrected chi connectivity index (χ3v) is 3.84. The Hall–Kier alpha value is -2.89. The van der Waals surface area contributed by atoms with Crippen LogP contribution >= 0.6 is 0 Å². The van der Waals surface area contributed by atoms with E-state index in [1.807, 2.05) is 32.0 Å². The van der Waals surface area contributed by atoms with Crippen LogP contribution in [0.1, 0.15) is 27.0 Å². The molecule has 1 aromatic carbocycles. The van der Waals surface area contributed by atoms with Crippen LogP contribution in [0, 0.1) is 13.8 Å². The van der Waals surface area contributed by atoms with Crippen LogP contribution in [0.4, 0.5) is 0 Å². The summed E-state index contributed by atoms with van der Waals surface area (Å²) in [6.45, 7) is 3.95. The van der Waals surface area contributed by atoms with Crippen molar-refractivity contribution in [2.24, 2.45) is 14.1 Å². The number of aromatic nitrogens is 2. The average molecular weight is 314 g/mol. The Bertz CT molecular complexity index is 933. The zero-order chi connectivity index (χ0) is 17.3. The highest BCUT2D eigenvalue weighted by Gasteiger charge is 2.19. The monoisotopic (exact) mass is 314 g/mol. The zero-order valence-electron chi connectivity index (χ0n) is 13.5. The fourth-order valence-electron chi connectivity index (χ4n) is 2.17. The first kappa shape index (κ1) is 16.5. The normalized spacial score (nSPS) is 11.1. The quantitative estimate of drug-likeness (QED) is 0.684. The Morgan fingerprint density at radius 2 is 1.74 bits per heavy atom. The third-order valence-electron chi connectivity index (χ3n) is 3.84. The minimum atomic E-state index is -0.819. The van der Waals surface area contributed by atoms with Crippen LogP contribution in [-0.2, 0) is 14.1 Å². The first-order chi connectivity index (χ1) is 10.7. The van der Waals surface area contributed by atoms with E-state index in [0.717, 1.165) is 25.8 Å². The highest BCUT2D eigenvalue weighted by Crippen LogP contribution is 2.13. The average Bonchev–Trinajstić information content (AvgIpc) is 2.52. The van der Waals surface area contributed by atoms with Crippen molar-refractivity contribution in [1.29, 1.82) is 0 Å². The molecule has 2 aromatic rings. The summed E-state index contributed by atoms with van der Waals surface area (Å²) in [5.74, 6) is -1.29. The molecule has 0 aliphatic carbocycles. The molecule has 0 atom stereocenters. The number of aromatic hydroxyl groups is 1. The molecular formula is C17H18N2O4. The van der Waals surface area contributed by atoms with Gasteiger partial charge in [0.25, 0.3) is 5.56 Å². The molecule has 0 saturated carbocycles. The number of hydrogen-bond donors (Lipinski definition) is 1. The van der Waals surface area contributed by atoms with Crippen molar-refractivity contribution in [3.63, 3.8) is 0 Å². The largest absolute Gasteiger partial charge is 0.494 e. The van der Waals surface area contributed by atoms with E-state index in [4.69, 9.17) is 0 Å². The molecule has 23 heavy (non-hydrogen) atoms. The molecule has 0 bridgehead atoms. The molecule has 0 fully saturated rings. The third kappa shape index (κ3) is 3.01. The van der Waals surface area contributed by atoms with Crippen LogP contribution in [0.5, 0.6) is 5.88 Å². The van der Waals surface area contributed by atoms with E-state index < -0.39 is 28.5 Å². The number of ketones is 1. The van der Waals surface area contributed by atoms with Gasteiger partial charge in [-0.05, 0) is 36.6 Å². The van der Waals surface area contributed by atoms with Gasteiger partial charge in [0.2, 0.25) is 5.88 Å². The van der Waals surface area contributed by atoms with Gasteiger partial charge >= 0.3 is 5.69 Å². The summed E-state index contributed by atoms with van der Waals surface area (Å²) in [6, 6.07) is 5.70. The van der Waals surface area contributed by atoms with Gasteiger partial charge in [-0.2, -0.15) is 0 Å². The number of hydrogen-bond acceptors (Lipinski definition) is 4. The van der Waals surface area contributed by atoms with E-state index in [0.29, 0.717) is 0 Å². The molecule has 120 valence electrons. The number of carbonyl (C=O) groups excluding carboxylic acids is 1. The Morgan fingerprint density at radius 1 is 1.09 bits per heavy atom. The number of benzene rings is 1. The summed E-state index contributed by atoms with van der Waals surface area (Å²) < 4.78 is 1.65. The number of aryl methyl sites for hydroxylation is 2. The van der Waals surface area contributed by atoms with E-state index in [1.54, 1.807) is 6.08 Å². The predicted molar refractivity (Wildman–Crippen MR) is 87.9 cm³/mol. The van der Waals surface area contributed by atoms with Gasteiger partial charge < -0.3 is 5.11 Å². The van der Waals surface area contributed by atoms with Crippen molar-refractivity contribution in [1.82, 2.24) is 9.13 Å². The molecule has 1 heterocycles. The van der Waals surface area contributed by atoms with Gasteiger partial charge in [-0.3, -0.25) is 18.7 Å². The maximum absolute atomic E-state index is 12.3. The van der Waals surface area contributed by atoms with Crippen molar-refractivity contribution in [2.75, 3.05) is 0 Å². The molecular weight excluding hydrogens is 296 g/mol. The van der Waals surface area contributed by atoms with Crippen LogP contribution in [-0.4, -0.2) is 20.0 Å².